The molecule has 0 aliphatic heterocycles. The molecule has 0 amide bonds. The van der Waals surface area contributed by atoms with Gasteiger partial charge in [0.05, 0.1) is 18.4 Å². The molecule has 0 aliphatic carbocycles. The van der Waals surface area contributed by atoms with Crippen LogP contribution in [0.1, 0.15) is 16.7 Å². The van der Waals surface area contributed by atoms with E-state index in [1.165, 1.54) is 11.1 Å². The molecule has 0 spiro atoms. The molecule has 3 aromatic carbocycles. The highest BCUT2D eigenvalue weighted by atomic mass is 35.5. The van der Waals surface area contributed by atoms with E-state index in [2.05, 4.69) is 28.6 Å². The second-order valence-corrected chi connectivity index (χ2v) is 7.90. The van der Waals surface area contributed by atoms with Crippen LogP contribution in [0.4, 0.5) is 0 Å². The summed E-state index contributed by atoms with van der Waals surface area (Å²) in [7, 11) is 0. The summed E-state index contributed by atoms with van der Waals surface area (Å²) in [5, 5.41) is 1.63. The van der Waals surface area contributed by atoms with E-state index in [0.29, 0.717) is 23.6 Å². The molecule has 0 saturated carbocycles. The Labute approximate surface area is 179 Å². The Balaban J connectivity index is 1.74. The van der Waals surface area contributed by atoms with Gasteiger partial charge in [-0.2, -0.15) is 0 Å². The van der Waals surface area contributed by atoms with Crippen molar-refractivity contribution >= 4 is 33.5 Å². The van der Waals surface area contributed by atoms with Crippen LogP contribution < -0.4 is 5.56 Å². The summed E-state index contributed by atoms with van der Waals surface area (Å²) in [5.41, 5.74) is 5.57. The maximum atomic E-state index is 13.6. The molecule has 0 N–H and O–H groups in total. The lowest BCUT2D eigenvalue weighted by molar-refractivity contribution is 0.737. The summed E-state index contributed by atoms with van der Waals surface area (Å²) >= 11 is 6.32. The first kappa shape index (κ1) is 18.6. The fourth-order valence-corrected chi connectivity index (χ4v) is 4.19. The number of rotatable bonds is 4. The van der Waals surface area contributed by atoms with E-state index in [1.54, 1.807) is 10.9 Å². The zero-order chi connectivity index (χ0) is 20.7. The largest absolute Gasteiger partial charge is 0.330 e. The predicted octanol–water partition coefficient (Wildman–Crippen LogP) is 5.41. The van der Waals surface area contributed by atoms with Crippen molar-refractivity contribution < 1.29 is 0 Å². The minimum atomic E-state index is -0.0651. The van der Waals surface area contributed by atoms with Crippen LogP contribution in [-0.4, -0.2) is 14.1 Å². The van der Waals surface area contributed by atoms with Gasteiger partial charge in [0.15, 0.2) is 0 Å². The first-order chi connectivity index (χ1) is 14.6. The molecule has 0 radical (unpaired) electrons. The minimum Gasteiger partial charge on any atom is -0.330 e. The fourth-order valence-electron chi connectivity index (χ4n) is 3.99. The van der Waals surface area contributed by atoms with E-state index in [9.17, 15) is 4.79 Å². The number of halogens is 1. The number of aromatic nitrogens is 3. The first-order valence-corrected chi connectivity index (χ1v) is 10.3. The summed E-state index contributed by atoms with van der Waals surface area (Å²) in [4.78, 5) is 18.2. The summed E-state index contributed by atoms with van der Waals surface area (Å²) in [5.74, 6) is 0. The molecule has 5 aromatic rings. The van der Waals surface area contributed by atoms with Gasteiger partial charge in [0.25, 0.3) is 5.56 Å². The predicted molar refractivity (Wildman–Crippen MR) is 122 cm³/mol. The number of fused-ring (bicyclic) bond motifs is 3. The molecule has 5 rings (SSSR count). The van der Waals surface area contributed by atoms with E-state index < -0.39 is 0 Å². The number of nitrogens with zero attached hydrogens (tertiary/aromatic N) is 3. The molecule has 148 valence electrons. The SMILES string of the molecule is Cc1ccccc1Cn1c2ccccc2c2ncn(Cc3ccccc3Cl)c(=O)c21. The van der Waals surface area contributed by atoms with Crippen molar-refractivity contribution in [2.45, 2.75) is 20.0 Å². The Bertz CT molecular complexity index is 1450. The molecule has 4 nitrogen and oxygen atoms in total. The molecule has 5 heteroatoms. The highest BCUT2D eigenvalue weighted by molar-refractivity contribution is 6.31. The number of hydrogen-bond acceptors (Lipinski definition) is 2. The average Bonchev–Trinajstić information content (AvgIpc) is 3.08. The Kier molecular flexibility index (Phi) is 4.64. The lowest BCUT2D eigenvalue weighted by Crippen LogP contribution is -2.23. The fraction of sp³-hybridized carbons (Fsp3) is 0.120. The van der Waals surface area contributed by atoms with E-state index >= 15 is 0 Å². The first-order valence-electron chi connectivity index (χ1n) is 9.88. The van der Waals surface area contributed by atoms with Crippen LogP contribution in [0.15, 0.2) is 83.9 Å². The number of para-hydroxylation sites is 1. The average molecular weight is 414 g/mol. The molecule has 30 heavy (non-hydrogen) atoms. The van der Waals surface area contributed by atoms with Crippen LogP contribution >= 0.6 is 11.6 Å². The summed E-state index contributed by atoms with van der Waals surface area (Å²) in [6.45, 7) is 3.09. The van der Waals surface area contributed by atoms with Gasteiger partial charge in [-0.15, -0.1) is 0 Å². The van der Waals surface area contributed by atoms with Gasteiger partial charge in [-0.05, 0) is 35.7 Å². The highest BCUT2D eigenvalue weighted by Gasteiger charge is 2.17. The molecule has 0 saturated heterocycles. The van der Waals surface area contributed by atoms with Gasteiger partial charge in [0, 0.05) is 17.0 Å². The summed E-state index contributed by atoms with van der Waals surface area (Å²) in [6.07, 6.45) is 1.62. The standard InChI is InChI=1S/C25H20ClN3O/c1-17-8-2-3-9-18(17)15-29-22-13-7-5-11-20(22)23-24(29)25(30)28(16-27-23)14-19-10-4-6-12-21(19)26/h2-13,16H,14-15H2,1H3. The van der Waals surface area contributed by atoms with Gasteiger partial charge < -0.3 is 4.57 Å². The Morgan fingerprint density at radius 1 is 0.867 bits per heavy atom. The second-order valence-electron chi connectivity index (χ2n) is 7.50. The van der Waals surface area contributed by atoms with E-state index in [-0.39, 0.29) is 5.56 Å². The van der Waals surface area contributed by atoms with Crippen LogP contribution in [0.3, 0.4) is 0 Å². The van der Waals surface area contributed by atoms with Crippen molar-refractivity contribution in [1.29, 1.82) is 0 Å². The van der Waals surface area contributed by atoms with Crippen LogP contribution in [0, 0.1) is 6.92 Å². The number of benzene rings is 3. The number of hydrogen-bond donors (Lipinski definition) is 0. The third-order valence-electron chi connectivity index (χ3n) is 5.62. The lowest BCUT2D eigenvalue weighted by atomic mass is 10.1. The van der Waals surface area contributed by atoms with Gasteiger partial charge in [0.1, 0.15) is 11.0 Å². The second kappa shape index (κ2) is 7.47. The molecule has 0 fully saturated rings. The number of aryl methyl sites for hydroxylation is 1. The molecule has 0 atom stereocenters. The van der Waals surface area contributed by atoms with Gasteiger partial charge in [0.2, 0.25) is 0 Å². The Hall–Kier alpha value is -3.37. The monoisotopic (exact) mass is 413 g/mol. The molecule has 2 heterocycles. The molecular weight excluding hydrogens is 394 g/mol. The zero-order valence-electron chi connectivity index (χ0n) is 16.5. The van der Waals surface area contributed by atoms with Gasteiger partial charge >= 0.3 is 0 Å². The maximum Gasteiger partial charge on any atom is 0.278 e. The highest BCUT2D eigenvalue weighted by Crippen LogP contribution is 2.27. The van der Waals surface area contributed by atoms with Crippen LogP contribution in [0.25, 0.3) is 21.9 Å². The molecule has 0 unspecified atom stereocenters. The van der Waals surface area contributed by atoms with E-state index in [0.717, 1.165) is 22.0 Å². The van der Waals surface area contributed by atoms with Gasteiger partial charge in [-0.3, -0.25) is 9.36 Å². The Morgan fingerprint density at radius 3 is 2.37 bits per heavy atom. The third kappa shape index (κ3) is 3.10. The molecule has 2 aromatic heterocycles. The quantitative estimate of drug-likeness (QED) is 0.395. The maximum absolute atomic E-state index is 13.6. The van der Waals surface area contributed by atoms with Crippen LogP contribution in [0.5, 0.6) is 0 Å². The smallest absolute Gasteiger partial charge is 0.278 e. The van der Waals surface area contributed by atoms with Gasteiger partial charge in [-0.1, -0.05) is 72.3 Å². The molecular formula is C25H20ClN3O. The topological polar surface area (TPSA) is 39.8 Å². The van der Waals surface area contributed by atoms with Crippen LogP contribution in [0.2, 0.25) is 5.02 Å². The summed E-state index contributed by atoms with van der Waals surface area (Å²) < 4.78 is 3.72. The Morgan fingerprint density at radius 2 is 1.57 bits per heavy atom. The molecule has 0 aliphatic rings. The summed E-state index contributed by atoms with van der Waals surface area (Å²) in [6, 6.07) is 23.9. The third-order valence-corrected chi connectivity index (χ3v) is 5.99. The van der Waals surface area contributed by atoms with Gasteiger partial charge in [-0.25, -0.2) is 4.98 Å². The van der Waals surface area contributed by atoms with Crippen molar-refractivity contribution in [2.24, 2.45) is 0 Å². The zero-order valence-corrected chi connectivity index (χ0v) is 17.3. The van der Waals surface area contributed by atoms with Crippen molar-refractivity contribution in [3.05, 3.63) is 111 Å². The van der Waals surface area contributed by atoms with Crippen molar-refractivity contribution in [2.75, 3.05) is 0 Å². The normalized spacial score (nSPS) is 11.4. The van der Waals surface area contributed by atoms with Crippen molar-refractivity contribution in [3.63, 3.8) is 0 Å². The van der Waals surface area contributed by atoms with Crippen LogP contribution in [-0.2, 0) is 13.1 Å². The van der Waals surface area contributed by atoms with Crippen molar-refractivity contribution in [3.8, 4) is 0 Å². The van der Waals surface area contributed by atoms with Crippen molar-refractivity contribution in [1.82, 2.24) is 14.1 Å². The minimum absolute atomic E-state index is 0.0651. The molecule has 0 bridgehead atoms. The van der Waals surface area contributed by atoms with E-state index in [4.69, 9.17) is 11.6 Å². The van der Waals surface area contributed by atoms with E-state index in [1.807, 2.05) is 60.7 Å². The lowest BCUT2D eigenvalue weighted by Gasteiger charge is -2.11.